The van der Waals surface area contributed by atoms with Crippen molar-refractivity contribution in [2.75, 3.05) is 0 Å². The maximum absolute atomic E-state index is 3.79. The van der Waals surface area contributed by atoms with E-state index in [2.05, 4.69) is 38.2 Å². The van der Waals surface area contributed by atoms with E-state index in [1.54, 1.807) is 0 Å². The van der Waals surface area contributed by atoms with Crippen LogP contribution in [0.25, 0.3) is 0 Å². The molecule has 1 heterocycles. The quantitative estimate of drug-likeness (QED) is 0.828. The standard InChI is InChI=1S/C15H25NS/c1-11(10-15-9-8-12(2)17-15)16-13(3)14-6-4-5-7-14/h8-9,11,13-14,16H,4-7,10H2,1-3H3. The molecule has 1 aliphatic carbocycles. The minimum absolute atomic E-state index is 0.601. The third-order valence-electron chi connectivity index (χ3n) is 3.96. The normalized spacial score (nSPS) is 20.6. The van der Waals surface area contributed by atoms with Crippen molar-refractivity contribution in [3.63, 3.8) is 0 Å². The van der Waals surface area contributed by atoms with Crippen molar-refractivity contribution in [1.82, 2.24) is 5.32 Å². The first-order valence-electron chi connectivity index (χ1n) is 6.96. The zero-order valence-corrected chi connectivity index (χ0v) is 12.1. The molecule has 0 spiro atoms. The van der Waals surface area contributed by atoms with Gasteiger partial charge < -0.3 is 5.32 Å². The van der Waals surface area contributed by atoms with Crippen LogP contribution in [-0.2, 0) is 6.42 Å². The van der Waals surface area contributed by atoms with Gasteiger partial charge in [-0.15, -0.1) is 11.3 Å². The van der Waals surface area contributed by atoms with E-state index in [1.807, 2.05) is 11.3 Å². The molecule has 1 aromatic heterocycles. The molecule has 1 N–H and O–H groups in total. The molecule has 1 aromatic rings. The van der Waals surface area contributed by atoms with Crippen LogP contribution in [-0.4, -0.2) is 12.1 Å². The van der Waals surface area contributed by atoms with Gasteiger partial charge in [-0.2, -0.15) is 0 Å². The number of hydrogen-bond donors (Lipinski definition) is 1. The molecule has 1 fully saturated rings. The Morgan fingerprint density at radius 1 is 1.29 bits per heavy atom. The largest absolute Gasteiger partial charge is 0.311 e. The highest BCUT2D eigenvalue weighted by molar-refractivity contribution is 7.11. The molecule has 0 aliphatic heterocycles. The summed E-state index contributed by atoms with van der Waals surface area (Å²) in [7, 11) is 0. The Morgan fingerprint density at radius 3 is 2.59 bits per heavy atom. The van der Waals surface area contributed by atoms with Crippen LogP contribution in [0.15, 0.2) is 12.1 Å². The van der Waals surface area contributed by atoms with Crippen molar-refractivity contribution in [3.8, 4) is 0 Å². The predicted molar refractivity (Wildman–Crippen MR) is 76.8 cm³/mol. The fourth-order valence-corrected chi connectivity index (χ4v) is 4.02. The van der Waals surface area contributed by atoms with Crippen LogP contribution in [0.2, 0.25) is 0 Å². The molecule has 1 saturated carbocycles. The topological polar surface area (TPSA) is 12.0 Å². The lowest BCUT2D eigenvalue weighted by Gasteiger charge is -2.24. The Morgan fingerprint density at radius 2 is 2.00 bits per heavy atom. The molecule has 0 amide bonds. The lowest BCUT2D eigenvalue weighted by Crippen LogP contribution is -2.39. The number of thiophene rings is 1. The molecule has 0 radical (unpaired) electrons. The highest BCUT2D eigenvalue weighted by Gasteiger charge is 2.22. The second-order valence-electron chi connectivity index (χ2n) is 5.62. The first-order chi connectivity index (χ1) is 8.15. The van der Waals surface area contributed by atoms with E-state index in [0.717, 1.165) is 5.92 Å². The Bertz CT molecular complexity index is 338. The van der Waals surface area contributed by atoms with Crippen molar-refractivity contribution >= 4 is 11.3 Å². The van der Waals surface area contributed by atoms with E-state index in [-0.39, 0.29) is 0 Å². The summed E-state index contributed by atoms with van der Waals surface area (Å²) >= 11 is 1.94. The van der Waals surface area contributed by atoms with E-state index in [1.165, 1.54) is 41.9 Å². The highest BCUT2D eigenvalue weighted by Crippen LogP contribution is 2.28. The zero-order chi connectivity index (χ0) is 12.3. The van der Waals surface area contributed by atoms with Crippen molar-refractivity contribution in [3.05, 3.63) is 21.9 Å². The van der Waals surface area contributed by atoms with Crippen molar-refractivity contribution in [2.24, 2.45) is 5.92 Å². The molecule has 1 aliphatic rings. The minimum atomic E-state index is 0.601. The third-order valence-corrected chi connectivity index (χ3v) is 4.98. The van der Waals surface area contributed by atoms with Gasteiger partial charge in [0.1, 0.15) is 0 Å². The highest BCUT2D eigenvalue weighted by atomic mass is 32.1. The number of nitrogens with one attached hydrogen (secondary N) is 1. The van der Waals surface area contributed by atoms with Gasteiger partial charge in [0, 0.05) is 21.8 Å². The van der Waals surface area contributed by atoms with E-state index >= 15 is 0 Å². The van der Waals surface area contributed by atoms with Crippen LogP contribution in [0, 0.1) is 12.8 Å². The zero-order valence-electron chi connectivity index (χ0n) is 11.3. The molecule has 2 unspecified atom stereocenters. The molecule has 0 bridgehead atoms. The predicted octanol–water partition coefficient (Wildman–Crippen LogP) is 4.16. The molecule has 2 heteroatoms. The summed E-state index contributed by atoms with van der Waals surface area (Å²) < 4.78 is 0. The lowest BCUT2D eigenvalue weighted by atomic mass is 9.98. The Labute approximate surface area is 110 Å². The molecule has 96 valence electrons. The number of aryl methyl sites for hydroxylation is 1. The smallest absolute Gasteiger partial charge is 0.00896 e. The van der Waals surface area contributed by atoms with Gasteiger partial charge in [-0.25, -0.2) is 0 Å². The molecule has 0 saturated heterocycles. The first-order valence-corrected chi connectivity index (χ1v) is 7.78. The molecule has 2 atom stereocenters. The lowest BCUT2D eigenvalue weighted by molar-refractivity contribution is 0.349. The second kappa shape index (κ2) is 6.01. The van der Waals surface area contributed by atoms with Gasteiger partial charge in [0.05, 0.1) is 0 Å². The number of hydrogen-bond acceptors (Lipinski definition) is 2. The number of rotatable bonds is 5. The van der Waals surface area contributed by atoms with Crippen LogP contribution in [0.1, 0.15) is 49.3 Å². The van der Waals surface area contributed by atoms with Crippen LogP contribution in [0.5, 0.6) is 0 Å². The molecule has 1 nitrogen and oxygen atoms in total. The van der Waals surface area contributed by atoms with Gasteiger partial charge in [0.2, 0.25) is 0 Å². The van der Waals surface area contributed by atoms with Crippen LogP contribution >= 0.6 is 11.3 Å². The van der Waals surface area contributed by atoms with E-state index in [0.29, 0.717) is 12.1 Å². The van der Waals surface area contributed by atoms with Gasteiger partial charge >= 0.3 is 0 Å². The van der Waals surface area contributed by atoms with Gasteiger partial charge in [-0.05, 0) is 58.1 Å². The first kappa shape index (κ1) is 13.1. The SMILES string of the molecule is Cc1ccc(CC(C)NC(C)C2CCCC2)s1. The maximum atomic E-state index is 3.79. The molecular weight excluding hydrogens is 226 g/mol. The van der Waals surface area contributed by atoms with Crippen LogP contribution < -0.4 is 5.32 Å². The summed E-state index contributed by atoms with van der Waals surface area (Å²) in [5, 5.41) is 3.79. The Kier molecular flexibility index (Phi) is 4.63. The average molecular weight is 251 g/mol. The molecular formula is C15H25NS. The summed E-state index contributed by atoms with van der Waals surface area (Å²) in [5.74, 6) is 0.919. The minimum Gasteiger partial charge on any atom is -0.311 e. The van der Waals surface area contributed by atoms with Crippen LogP contribution in [0.3, 0.4) is 0 Å². The van der Waals surface area contributed by atoms with Crippen LogP contribution in [0.4, 0.5) is 0 Å². The molecule has 0 aromatic carbocycles. The third kappa shape index (κ3) is 3.82. The molecule has 17 heavy (non-hydrogen) atoms. The fourth-order valence-electron chi connectivity index (χ4n) is 3.00. The van der Waals surface area contributed by atoms with Gasteiger partial charge in [-0.1, -0.05) is 12.8 Å². The van der Waals surface area contributed by atoms with Gasteiger partial charge in [0.15, 0.2) is 0 Å². The Hall–Kier alpha value is -0.340. The van der Waals surface area contributed by atoms with Gasteiger partial charge in [-0.3, -0.25) is 0 Å². The van der Waals surface area contributed by atoms with E-state index in [4.69, 9.17) is 0 Å². The van der Waals surface area contributed by atoms with E-state index in [9.17, 15) is 0 Å². The fraction of sp³-hybridized carbons (Fsp3) is 0.733. The summed E-state index contributed by atoms with van der Waals surface area (Å²) in [6, 6.07) is 5.79. The maximum Gasteiger partial charge on any atom is 0.00896 e. The monoisotopic (exact) mass is 251 g/mol. The summed E-state index contributed by atoms with van der Waals surface area (Å²) in [6.45, 7) is 6.88. The van der Waals surface area contributed by atoms with Gasteiger partial charge in [0.25, 0.3) is 0 Å². The van der Waals surface area contributed by atoms with Crippen molar-refractivity contribution < 1.29 is 0 Å². The molecule has 2 rings (SSSR count). The summed E-state index contributed by atoms with van der Waals surface area (Å²) in [6.07, 6.45) is 6.91. The summed E-state index contributed by atoms with van der Waals surface area (Å²) in [4.78, 5) is 2.94. The Balaban J connectivity index is 1.78. The summed E-state index contributed by atoms with van der Waals surface area (Å²) in [5.41, 5.74) is 0. The second-order valence-corrected chi connectivity index (χ2v) is 6.99. The van der Waals surface area contributed by atoms with Crippen molar-refractivity contribution in [2.45, 2.75) is 65.0 Å². The van der Waals surface area contributed by atoms with Crippen molar-refractivity contribution in [1.29, 1.82) is 0 Å². The van der Waals surface area contributed by atoms with E-state index < -0.39 is 0 Å². The average Bonchev–Trinajstić information content (AvgIpc) is 2.89.